The van der Waals surface area contributed by atoms with Crippen molar-refractivity contribution in [3.63, 3.8) is 0 Å². The average molecular weight is 293 g/mol. The highest BCUT2D eigenvalue weighted by Crippen LogP contribution is 2.30. The van der Waals surface area contributed by atoms with Gasteiger partial charge in [0.2, 0.25) is 0 Å². The van der Waals surface area contributed by atoms with Crippen LogP contribution >= 0.6 is 11.6 Å². The van der Waals surface area contributed by atoms with E-state index in [1.165, 1.54) is 11.3 Å². The van der Waals surface area contributed by atoms with Crippen LogP contribution in [0.25, 0.3) is 0 Å². The summed E-state index contributed by atoms with van der Waals surface area (Å²) in [7, 11) is 0. The Balaban J connectivity index is 2.33. The largest absolute Gasteiger partial charge is 0.376 e. The minimum Gasteiger partial charge on any atom is -0.376 e. The molecular weight excluding hydrogens is 272 g/mol. The van der Waals surface area contributed by atoms with Gasteiger partial charge in [0.25, 0.3) is 0 Å². The molecule has 2 aromatic rings. The quantitative estimate of drug-likeness (QED) is 0.865. The average Bonchev–Trinajstić information content (AvgIpc) is 2.68. The summed E-state index contributed by atoms with van der Waals surface area (Å²) in [6.45, 7) is 11.3. The zero-order chi connectivity index (χ0) is 14.9. The van der Waals surface area contributed by atoms with E-state index in [0.717, 1.165) is 23.5 Å². The molecule has 2 rings (SSSR count). The van der Waals surface area contributed by atoms with Gasteiger partial charge in [-0.15, -0.1) is 0 Å². The Morgan fingerprint density at radius 1 is 1.35 bits per heavy atom. The van der Waals surface area contributed by atoms with E-state index in [4.69, 9.17) is 11.6 Å². The van der Waals surface area contributed by atoms with Crippen LogP contribution in [-0.4, -0.2) is 14.8 Å². The van der Waals surface area contributed by atoms with Crippen LogP contribution in [0, 0.1) is 20.8 Å². The van der Waals surface area contributed by atoms with Gasteiger partial charge in [-0.1, -0.05) is 11.6 Å². The van der Waals surface area contributed by atoms with Crippen LogP contribution in [0.4, 0.5) is 5.69 Å². The number of anilines is 1. The minimum atomic E-state index is 0.135. The molecule has 0 aromatic carbocycles. The zero-order valence-electron chi connectivity index (χ0n) is 12.7. The van der Waals surface area contributed by atoms with E-state index in [9.17, 15) is 0 Å². The first-order valence-corrected chi connectivity index (χ1v) is 7.25. The summed E-state index contributed by atoms with van der Waals surface area (Å²) in [5.41, 5.74) is 5.47. The van der Waals surface area contributed by atoms with Gasteiger partial charge in [0.1, 0.15) is 0 Å². The number of aromatic nitrogens is 3. The second kappa shape index (κ2) is 5.83. The maximum Gasteiger partial charge on any atom is 0.152 e. The highest BCUT2D eigenvalue weighted by molar-refractivity contribution is 6.32. The van der Waals surface area contributed by atoms with Gasteiger partial charge in [0.15, 0.2) is 5.15 Å². The molecule has 0 aliphatic heterocycles. The molecule has 1 N–H and O–H groups in total. The summed E-state index contributed by atoms with van der Waals surface area (Å²) in [4.78, 5) is 4.14. The second-order valence-corrected chi connectivity index (χ2v) is 5.42. The van der Waals surface area contributed by atoms with Crippen LogP contribution in [0.1, 0.15) is 42.4 Å². The van der Waals surface area contributed by atoms with E-state index in [2.05, 4.69) is 36.2 Å². The molecule has 4 nitrogen and oxygen atoms in total. The normalized spacial score (nSPS) is 12.5. The lowest BCUT2D eigenvalue weighted by atomic mass is 10.1. The lowest BCUT2D eigenvalue weighted by molar-refractivity contribution is 0.632. The van der Waals surface area contributed by atoms with Gasteiger partial charge in [0.05, 0.1) is 17.4 Å². The van der Waals surface area contributed by atoms with Crippen molar-refractivity contribution < 1.29 is 0 Å². The Hall–Kier alpha value is -1.55. The molecule has 0 amide bonds. The monoisotopic (exact) mass is 292 g/mol. The van der Waals surface area contributed by atoms with Crippen molar-refractivity contribution >= 4 is 17.3 Å². The molecule has 2 heterocycles. The fourth-order valence-corrected chi connectivity index (χ4v) is 2.89. The van der Waals surface area contributed by atoms with Gasteiger partial charge in [-0.2, -0.15) is 5.10 Å². The maximum absolute atomic E-state index is 6.18. The van der Waals surface area contributed by atoms with Crippen LogP contribution in [0.15, 0.2) is 12.3 Å². The molecule has 2 aromatic heterocycles. The van der Waals surface area contributed by atoms with Crippen LogP contribution in [0.2, 0.25) is 5.15 Å². The van der Waals surface area contributed by atoms with Gasteiger partial charge < -0.3 is 5.32 Å². The maximum atomic E-state index is 6.18. The Morgan fingerprint density at radius 2 is 2.05 bits per heavy atom. The Labute approximate surface area is 125 Å². The molecular formula is C15H21ClN4. The number of halogens is 1. The summed E-state index contributed by atoms with van der Waals surface area (Å²) in [6, 6.07) is 2.09. The van der Waals surface area contributed by atoms with Gasteiger partial charge in [-0.05, 0) is 46.2 Å². The van der Waals surface area contributed by atoms with Crippen LogP contribution in [-0.2, 0) is 6.54 Å². The SMILES string of the molecule is CCn1nc(C)c(C(C)Nc2c(C)ccnc2Cl)c1C. The lowest BCUT2D eigenvalue weighted by Gasteiger charge is -2.18. The summed E-state index contributed by atoms with van der Waals surface area (Å²) in [5, 5.41) is 8.54. The van der Waals surface area contributed by atoms with E-state index in [1.54, 1.807) is 6.20 Å². The standard InChI is InChI=1S/C15H21ClN4/c1-6-20-12(5)13(11(4)19-20)10(3)18-14-9(2)7-8-17-15(14)16/h7-8,10,18H,6H2,1-5H3. The van der Waals surface area contributed by atoms with Crippen LogP contribution in [0.5, 0.6) is 0 Å². The Morgan fingerprint density at radius 3 is 2.60 bits per heavy atom. The topological polar surface area (TPSA) is 42.7 Å². The number of pyridine rings is 1. The molecule has 0 fully saturated rings. The molecule has 0 radical (unpaired) electrons. The number of rotatable bonds is 4. The molecule has 108 valence electrons. The first-order valence-electron chi connectivity index (χ1n) is 6.87. The summed E-state index contributed by atoms with van der Waals surface area (Å²) < 4.78 is 2.03. The van der Waals surface area contributed by atoms with Gasteiger partial charge in [0, 0.05) is 24.0 Å². The van der Waals surface area contributed by atoms with Crippen molar-refractivity contribution in [1.29, 1.82) is 0 Å². The first kappa shape index (κ1) is 14.9. The number of aryl methyl sites for hydroxylation is 3. The number of hydrogen-bond acceptors (Lipinski definition) is 3. The number of nitrogens with one attached hydrogen (secondary N) is 1. The van der Waals surface area contributed by atoms with E-state index in [0.29, 0.717) is 5.15 Å². The lowest BCUT2D eigenvalue weighted by Crippen LogP contribution is -2.11. The second-order valence-electron chi connectivity index (χ2n) is 5.06. The molecule has 0 aliphatic carbocycles. The van der Waals surface area contributed by atoms with Gasteiger partial charge in [-0.25, -0.2) is 4.98 Å². The molecule has 0 saturated carbocycles. The predicted molar refractivity (Wildman–Crippen MR) is 83.4 cm³/mol. The molecule has 0 aliphatic rings. The van der Waals surface area contributed by atoms with Gasteiger partial charge >= 0.3 is 0 Å². The van der Waals surface area contributed by atoms with E-state index < -0.39 is 0 Å². The summed E-state index contributed by atoms with van der Waals surface area (Å²) >= 11 is 6.18. The smallest absolute Gasteiger partial charge is 0.152 e. The third-order valence-corrected chi connectivity index (χ3v) is 3.93. The third-order valence-electron chi connectivity index (χ3n) is 3.64. The predicted octanol–water partition coefficient (Wildman–Crippen LogP) is 4.05. The summed E-state index contributed by atoms with van der Waals surface area (Å²) in [5.74, 6) is 0. The van der Waals surface area contributed by atoms with Crippen molar-refractivity contribution in [3.8, 4) is 0 Å². The number of hydrogen-bond donors (Lipinski definition) is 1. The third kappa shape index (κ3) is 2.66. The first-order chi connectivity index (χ1) is 9.45. The molecule has 1 atom stereocenters. The van der Waals surface area contributed by atoms with E-state index in [1.807, 2.05) is 24.6 Å². The zero-order valence-corrected chi connectivity index (χ0v) is 13.4. The van der Waals surface area contributed by atoms with E-state index >= 15 is 0 Å². The highest BCUT2D eigenvalue weighted by atomic mass is 35.5. The van der Waals surface area contributed by atoms with Crippen molar-refractivity contribution in [2.24, 2.45) is 0 Å². The minimum absolute atomic E-state index is 0.135. The van der Waals surface area contributed by atoms with Crippen molar-refractivity contribution in [2.45, 2.75) is 47.2 Å². The molecule has 0 bridgehead atoms. The molecule has 1 unspecified atom stereocenters. The Kier molecular flexibility index (Phi) is 4.33. The molecule has 20 heavy (non-hydrogen) atoms. The van der Waals surface area contributed by atoms with Crippen LogP contribution < -0.4 is 5.32 Å². The van der Waals surface area contributed by atoms with Crippen molar-refractivity contribution in [1.82, 2.24) is 14.8 Å². The molecule has 0 saturated heterocycles. The highest BCUT2D eigenvalue weighted by Gasteiger charge is 2.18. The number of nitrogens with zero attached hydrogens (tertiary/aromatic N) is 3. The van der Waals surface area contributed by atoms with Crippen molar-refractivity contribution in [3.05, 3.63) is 39.9 Å². The summed E-state index contributed by atoms with van der Waals surface area (Å²) in [6.07, 6.45) is 1.72. The van der Waals surface area contributed by atoms with Crippen LogP contribution in [0.3, 0.4) is 0 Å². The molecule has 0 spiro atoms. The van der Waals surface area contributed by atoms with Gasteiger partial charge in [-0.3, -0.25) is 4.68 Å². The fourth-order valence-electron chi connectivity index (χ4n) is 2.63. The molecule has 5 heteroatoms. The Bertz CT molecular complexity index is 598. The van der Waals surface area contributed by atoms with Crippen molar-refractivity contribution in [2.75, 3.05) is 5.32 Å². The fraction of sp³-hybridized carbons (Fsp3) is 0.467. The van der Waals surface area contributed by atoms with E-state index in [-0.39, 0.29) is 6.04 Å².